The molecule has 0 spiro atoms. The molecule has 6 nitrogen and oxygen atoms in total. The minimum atomic E-state index is 0.421. The predicted octanol–water partition coefficient (Wildman–Crippen LogP) is 10.7. The summed E-state index contributed by atoms with van der Waals surface area (Å²) in [4.78, 5) is 0. The third-order valence-electron chi connectivity index (χ3n) is 9.88. The number of hydrogen-bond donors (Lipinski definition) is 0. The second kappa shape index (κ2) is 11.9. The highest BCUT2D eigenvalue weighted by Gasteiger charge is 2.20. The van der Waals surface area contributed by atoms with Crippen molar-refractivity contribution in [1.29, 1.82) is 21.0 Å². The van der Waals surface area contributed by atoms with E-state index in [1.807, 2.05) is 54.6 Å². The van der Waals surface area contributed by atoms with Crippen molar-refractivity contribution in [3.8, 4) is 57.9 Å². The van der Waals surface area contributed by atoms with Gasteiger partial charge in [0.2, 0.25) is 0 Å². The average molecular weight is 661 g/mol. The van der Waals surface area contributed by atoms with Crippen molar-refractivity contribution in [2.75, 3.05) is 0 Å². The topological polar surface area (TPSA) is 105 Å². The first kappa shape index (κ1) is 30.2. The fourth-order valence-corrected chi connectivity index (χ4v) is 7.67. The number of nitrogens with zero attached hydrogens (tertiary/aromatic N) is 6. The molecule has 0 amide bonds. The summed E-state index contributed by atoms with van der Waals surface area (Å²) in [6.45, 7) is 0. The molecule has 0 atom stereocenters. The van der Waals surface area contributed by atoms with Gasteiger partial charge in [0.05, 0.1) is 68.6 Å². The van der Waals surface area contributed by atoms with Crippen LogP contribution in [0.15, 0.2) is 146 Å². The van der Waals surface area contributed by atoms with Gasteiger partial charge in [-0.15, -0.1) is 0 Å². The largest absolute Gasteiger partial charge is 0.309 e. The Kier molecular flexibility index (Phi) is 6.91. The standard InChI is InChI=1S/C46H24N6/c47-25-31-8-6-9-32(26-48)45(31)29-16-19-42-38(22-29)39-23-30(46-33(27-49)10-7-11-34(46)28-50)17-20-43(39)52(42)36-18-21-44-40(24-36)37-14-4-5-15-41(37)51(44)35-12-2-1-3-13-35/h1-24H. The van der Waals surface area contributed by atoms with E-state index < -0.39 is 0 Å². The molecule has 2 heterocycles. The molecule has 238 valence electrons. The Balaban J connectivity index is 1.36. The molecular weight excluding hydrogens is 637 g/mol. The maximum absolute atomic E-state index is 10.0. The molecule has 0 N–H and O–H groups in total. The highest BCUT2D eigenvalue weighted by atomic mass is 15.0. The van der Waals surface area contributed by atoms with E-state index in [-0.39, 0.29) is 0 Å². The quantitative estimate of drug-likeness (QED) is 0.187. The Bertz CT molecular complexity index is 2920. The molecule has 2 aromatic heterocycles. The maximum Gasteiger partial charge on any atom is 0.0998 e. The van der Waals surface area contributed by atoms with Gasteiger partial charge < -0.3 is 9.13 Å². The number of fused-ring (bicyclic) bond motifs is 6. The van der Waals surface area contributed by atoms with Crippen molar-refractivity contribution in [2.24, 2.45) is 0 Å². The van der Waals surface area contributed by atoms with Gasteiger partial charge in [-0.3, -0.25) is 0 Å². The Morgan fingerprint density at radius 1 is 0.327 bits per heavy atom. The Hall–Kier alpha value is -7.90. The van der Waals surface area contributed by atoms with Crippen LogP contribution in [0.25, 0.3) is 77.2 Å². The molecule has 9 rings (SSSR count). The van der Waals surface area contributed by atoms with Crippen LogP contribution in [0.2, 0.25) is 0 Å². The summed E-state index contributed by atoms with van der Waals surface area (Å²) in [7, 11) is 0. The lowest BCUT2D eigenvalue weighted by atomic mass is 9.93. The molecule has 0 radical (unpaired) electrons. The van der Waals surface area contributed by atoms with Crippen LogP contribution in [0.1, 0.15) is 22.3 Å². The molecule has 0 aliphatic rings. The molecule has 7 aromatic carbocycles. The zero-order valence-corrected chi connectivity index (χ0v) is 27.5. The smallest absolute Gasteiger partial charge is 0.0998 e. The highest BCUT2D eigenvalue weighted by Crippen LogP contribution is 2.41. The van der Waals surface area contributed by atoms with Crippen LogP contribution >= 0.6 is 0 Å². The van der Waals surface area contributed by atoms with Gasteiger partial charge in [-0.25, -0.2) is 0 Å². The zero-order valence-electron chi connectivity index (χ0n) is 27.5. The third-order valence-corrected chi connectivity index (χ3v) is 9.88. The van der Waals surface area contributed by atoms with Crippen LogP contribution < -0.4 is 0 Å². The lowest BCUT2D eigenvalue weighted by Gasteiger charge is -2.11. The molecule has 0 saturated carbocycles. The van der Waals surface area contributed by atoms with Crippen molar-refractivity contribution in [2.45, 2.75) is 0 Å². The number of benzene rings is 7. The Morgan fingerprint density at radius 2 is 0.750 bits per heavy atom. The van der Waals surface area contributed by atoms with Gasteiger partial charge in [0, 0.05) is 44.0 Å². The van der Waals surface area contributed by atoms with Crippen molar-refractivity contribution in [3.63, 3.8) is 0 Å². The van der Waals surface area contributed by atoms with E-state index in [0.717, 1.165) is 66.1 Å². The van der Waals surface area contributed by atoms with Crippen LogP contribution in [-0.4, -0.2) is 9.13 Å². The van der Waals surface area contributed by atoms with Gasteiger partial charge in [0.25, 0.3) is 0 Å². The monoisotopic (exact) mass is 660 g/mol. The van der Waals surface area contributed by atoms with Crippen molar-refractivity contribution in [3.05, 3.63) is 168 Å². The zero-order chi connectivity index (χ0) is 35.3. The van der Waals surface area contributed by atoms with Gasteiger partial charge in [-0.1, -0.05) is 60.7 Å². The number of aromatic nitrogens is 2. The summed E-state index contributed by atoms with van der Waals surface area (Å²) in [5.74, 6) is 0. The molecule has 0 fully saturated rings. The van der Waals surface area contributed by atoms with E-state index in [1.165, 1.54) is 0 Å². The van der Waals surface area contributed by atoms with Crippen LogP contribution in [0, 0.1) is 45.3 Å². The number of rotatable bonds is 4. The number of nitriles is 4. The molecule has 0 aliphatic carbocycles. The average Bonchev–Trinajstić information content (AvgIpc) is 3.72. The fourth-order valence-electron chi connectivity index (χ4n) is 7.67. The third kappa shape index (κ3) is 4.47. The minimum absolute atomic E-state index is 0.421. The van der Waals surface area contributed by atoms with Crippen molar-refractivity contribution >= 4 is 43.6 Å². The van der Waals surface area contributed by atoms with E-state index in [4.69, 9.17) is 0 Å². The summed E-state index contributed by atoms with van der Waals surface area (Å²) in [5, 5.41) is 44.1. The van der Waals surface area contributed by atoms with Gasteiger partial charge >= 0.3 is 0 Å². The van der Waals surface area contributed by atoms with Crippen LogP contribution in [0.5, 0.6) is 0 Å². The normalized spacial score (nSPS) is 11.0. The molecule has 0 unspecified atom stereocenters. The van der Waals surface area contributed by atoms with Crippen LogP contribution in [0.3, 0.4) is 0 Å². The van der Waals surface area contributed by atoms with E-state index >= 15 is 0 Å². The second-order valence-corrected chi connectivity index (χ2v) is 12.6. The minimum Gasteiger partial charge on any atom is -0.309 e. The van der Waals surface area contributed by atoms with Gasteiger partial charge in [-0.05, 0) is 96.1 Å². The summed E-state index contributed by atoms with van der Waals surface area (Å²) in [6.07, 6.45) is 0. The molecule has 0 saturated heterocycles. The summed E-state index contributed by atoms with van der Waals surface area (Å²) in [5.41, 5.74) is 10.5. The molecule has 9 aromatic rings. The first-order valence-corrected chi connectivity index (χ1v) is 16.7. The summed E-state index contributed by atoms with van der Waals surface area (Å²) < 4.78 is 4.52. The van der Waals surface area contributed by atoms with E-state index in [0.29, 0.717) is 33.4 Å². The van der Waals surface area contributed by atoms with Crippen LogP contribution in [0.4, 0.5) is 0 Å². The van der Waals surface area contributed by atoms with Gasteiger partial charge in [0.15, 0.2) is 0 Å². The van der Waals surface area contributed by atoms with Crippen molar-refractivity contribution < 1.29 is 0 Å². The summed E-state index contributed by atoms with van der Waals surface area (Å²) >= 11 is 0. The van der Waals surface area contributed by atoms with Gasteiger partial charge in [0.1, 0.15) is 0 Å². The van der Waals surface area contributed by atoms with E-state index in [9.17, 15) is 21.0 Å². The Morgan fingerprint density at radius 3 is 1.27 bits per heavy atom. The maximum atomic E-state index is 10.0. The lowest BCUT2D eigenvalue weighted by Crippen LogP contribution is -1.96. The SMILES string of the molecule is N#Cc1cccc(C#N)c1-c1ccc2c(c1)c1cc(-c3c(C#N)cccc3C#N)ccc1n2-c1ccc2c(c1)c1ccccc1n2-c1ccccc1. The fraction of sp³-hybridized carbons (Fsp3) is 0. The first-order chi connectivity index (χ1) is 25.6. The van der Waals surface area contributed by atoms with E-state index in [1.54, 1.807) is 36.4 Å². The molecule has 0 aliphatic heterocycles. The highest BCUT2D eigenvalue weighted by molar-refractivity contribution is 6.14. The van der Waals surface area contributed by atoms with Crippen LogP contribution in [-0.2, 0) is 0 Å². The summed E-state index contributed by atoms with van der Waals surface area (Å²) in [6, 6.07) is 56.8. The van der Waals surface area contributed by atoms with Crippen molar-refractivity contribution in [1.82, 2.24) is 9.13 Å². The number of hydrogen-bond acceptors (Lipinski definition) is 4. The van der Waals surface area contributed by atoms with E-state index in [2.05, 4.69) is 88.0 Å². The predicted molar refractivity (Wildman–Crippen MR) is 205 cm³/mol. The lowest BCUT2D eigenvalue weighted by molar-refractivity contribution is 1.17. The second-order valence-electron chi connectivity index (χ2n) is 12.6. The molecule has 6 heteroatoms. The first-order valence-electron chi connectivity index (χ1n) is 16.7. The molecule has 52 heavy (non-hydrogen) atoms. The van der Waals surface area contributed by atoms with Gasteiger partial charge in [-0.2, -0.15) is 21.0 Å². The molecular formula is C46H24N6. The molecule has 0 bridgehead atoms. The Labute approximate surface area is 298 Å². The number of para-hydroxylation sites is 2.